The van der Waals surface area contributed by atoms with E-state index in [4.69, 9.17) is 0 Å². The maximum atomic E-state index is 12.1. The molecule has 3 rings (SSSR count). The van der Waals surface area contributed by atoms with E-state index in [9.17, 15) is 20.0 Å². The second-order valence-electron chi connectivity index (χ2n) is 4.69. The molecule has 0 saturated heterocycles. The number of anilines is 1. The standard InChI is InChI=1S/C15H9IN2O4S/c16-9-5-8(6-11(14(9)19)18(21)22)7-13-15(20)17-10-3-1-2-4-12(10)23-13/h1-7,19H,(H,17,20)/b13-7-. The first-order valence-corrected chi connectivity index (χ1v) is 8.32. The summed E-state index contributed by atoms with van der Waals surface area (Å²) in [5.41, 5.74) is 0.840. The molecule has 1 aliphatic heterocycles. The average molecular weight is 440 g/mol. The van der Waals surface area contributed by atoms with Gasteiger partial charge < -0.3 is 10.4 Å². The van der Waals surface area contributed by atoms with Gasteiger partial charge in [0.1, 0.15) is 0 Å². The SMILES string of the molecule is O=C1Nc2ccccc2S/C1=C\c1cc(I)c(O)c([N+](=O)[O-])c1. The van der Waals surface area contributed by atoms with Gasteiger partial charge in [-0.15, -0.1) is 0 Å². The van der Waals surface area contributed by atoms with Crippen LogP contribution in [0.2, 0.25) is 0 Å². The Hall–Kier alpha value is -2.07. The molecular weight excluding hydrogens is 431 g/mol. The zero-order chi connectivity index (χ0) is 16.6. The summed E-state index contributed by atoms with van der Waals surface area (Å²) in [5.74, 6) is -0.636. The summed E-state index contributed by atoms with van der Waals surface area (Å²) in [7, 11) is 0. The number of halogens is 1. The van der Waals surface area contributed by atoms with Crippen molar-refractivity contribution in [1.82, 2.24) is 0 Å². The van der Waals surface area contributed by atoms with Gasteiger partial charge in [0.2, 0.25) is 5.75 Å². The van der Waals surface area contributed by atoms with E-state index in [0.717, 1.165) is 10.6 Å². The van der Waals surface area contributed by atoms with Crippen molar-refractivity contribution in [2.24, 2.45) is 0 Å². The summed E-state index contributed by atoms with van der Waals surface area (Å²) in [5, 5.41) is 23.5. The minimum absolute atomic E-state index is 0.264. The normalized spacial score (nSPS) is 15.2. The number of nitro groups is 1. The number of amides is 1. The van der Waals surface area contributed by atoms with E-state index in [1.54, 1.807) is 12.1 Å². The summed E-state index contributed by atoms with van der Waals surface area (Å²) >= 11 is 3.12. The average Bonchev–Trinajstić information content (AvgIpc) is 2.51. The van der Waals surface area contributed by atoms with Crippen molar-refractivity contribution >= 4 is 57.7 Å². The number of nitro benzene ring substituents is 1. The Morgan fingerprint density at radius 1 is 1.30 bits per heavy atom. The Bertz CT molecular complexity index is 867. The van der Waals surface area contributed by atoms with Crippen LogP contribution in [0.5, 0.6) is 5.75 Å². The van der Waals surface area contributed by atoms with Gasteiger partial charge in [0, 0.05) is 11.0 Å². The number of thioether (sulfide) groups is 1. The number of aromatic hydroxyl groups is 1. The quantitative estimate of drug-likeness (QED) is 0.319. The smallest absolute Gasteiger partial charge is 0.312 e. The van der Waals surface area contributed by atoms with Gasteiger partial charge in [-0.1, -0.05) is 23.9 Å². The zero-order valence-corrected chi connectivity index (χ0v) is 14.4. The van der Waals surface area contributed by atoms with Crippen LogP contribution in [0.3, 0.4) is 0 Å². The van der Waals surface area contributed by atoms with Crippen LogP contribution in [0.1, 0.15) is 5.56 Å². The predicted molar refractivity (Wildman–Crippen MR) is 96.4 cm³/mol. The summed E-state index contributed by atoms with van der Waals surface area (Å²) in [6.07, 6.45) is 1.57. The lowest BCUT2D eigenvalue weighted by atomic mass is 10.1. The Morgan fingerprint density at radius 2 is 2.04 bits per heavy atom. The monoisotopic (exact) mass is 440 g/mol. The van der Waals surface area contributed by atoms with Crippen molar-refractivity contribution in [1.29, 1.82) is 0 Å². The van der Waals surface area contributed by atoms with E-state index >= 15 is 0 Å². The third-order valence-electron chi connectivity index (χ3n) is 3.14. The fourth-order valence-corrected chi connectivity index (χ4v) is 3.67. The Labute approximate surface area is 148 Å². The van der Waals surface area contributed by atoms with Crippen LogP contribution in [0, 0.1) is 13.7 Å². The van der Waals surface area contributed by atoms with Crippen LogP contribution in [-0.4, -0.2) is 15.9 Å². The highest BCUT2D eigenvalue weighted by molar-refractivity contribution is 14.1. The van der Waals surface area contributed by atoms with Crippen LogP contribution >= 0.6 is 34.4 Å². The molecule has 0 fully saturated rings. The molecule has 0 aromatic heterocycles. The van der Waals surface area contributed by atoms with E-state index < -0.39 is 4.92 Å². The minimum atomic E-state index is -0.650. The van der Waals surface area contributed by atoms with Crippen molar-refractivity contribution in [2.45, 2.75) is 4.90 Å². The van der Waals surface area contributed by atoms with E-state index in [1.165, 1.54) is 17.8 Å². The molecule has 0 unspecified atom stereocenters. The number of rotatable bonds is 2. The molecule has 1 heterocycles. The van der Waals surface area contributed by atoms with Crippen molar-refractivity contribution in [3.63, 3.8) is 0 Å². The van der Waals surface area contributed by atoms with E-state index in [2.05, 4.69) is 5.32 Å². The first-order chi connectivity index (χ1) is 11.0. The highest BCUT2D eigenvalue weighted by atomic mass is 127. The third kappa shape index (κ3) is 3.17. The number of phenolic OH excluding ortho intramolecular Hbond substituents is 1. The number of nitrogens with zero attached hydrogens (tertiary/aromatic N) is 1. The summed E-state index contributed by atoms with van der Waals surface area (Å²) < 4.78 is 0.352. The minimum Gasteiger partial charge on any atom is -0.501 e. The molecule has 2 N–H and O–H groups in total. The highest BCUT2D eigenvalue weighted by Crippen LogP contribution is 2.39. The molecule has 0 radical (unpaired) electrons. The Balaban J connectivity index is 2.02. The Morgan fingerprint density at radius 3 is 2.78 bits per heavy atom. The van der Waals surface area contributed by atoms with Gasteiger partial charge in [0.15, 0.2) is 0 Å². The molecule has 116 valence electrons. The number of carbonyl (C=O) groups is 1. The highest BCUT2D eigenvalue weighted by Gasteiger charge is 2.22. The number of hydrogen-bond donors (Lipinski definition) is 2. The fourth-order valence-electron chi connectivity index (χ4n) is 2.08. The maximum Gasteiger partial charge on any atom is 0.312 e. The maximum absolute atomic E-state index is 12.1. The van der Waals surface area contributed by atoms with Gasteiger partial charge in [-0.3, -0.25) is 14.9 Å². The molecule has 0 bridgehead atoms. The fraction of sp³-hybridized carbons (Fsp3) is 0. The lowest BCUT2D eigenvalue weighted by molar-refractivity contribution is -0.386. The largest absolute Gasteiger partial charge is 0.501 e. The number of phenols is 1. The molecule has 1 aliphatic rings. The van der Waals surface area contributed by atoms with Crippen LogP contribution < -0.4 is 5.32 Å². The molecular formula is C15H9IN2O4S. The first kappa shape index (κ1) is 15.8. The molecule has 6 nitrogen and oxygen atoms in total. The summed E-state index contributed by atoms with van der Waals surface area (Å²) in [6, 6.07) is 10.2. The number of benzene rings is 2. The van der Waals surface area contributed by atoms with Crippen molar-refractivity contribution < 1.29 is 14.8 Å². The van der Waals surface area contributed by atoms with Crippen molar-refractivity contribution in [3.05, 3.63) is 60.6 Å². The predicted octanol–water partition coefficient (Wildman–Crippen LogP) is 3.99. The third-order valence-corrected chi connectivity index (χ3v) is 5.06. The van der Waals surface area contributed by atoms with Crippen LogP contribution in [0.4, 0.5) is 11.4 Å². The van der Waals surface area contributed by atoms with E-state index in [1.807, 2.05) is 46.9 Å². The topological polar surface area (TPSA) is 92.5 Å². The molecule has 2 aromatic carbocycles. The second-order valence-corrected chi connectivity index (χ2v) is 6.93. The number of para-hydroxylation sites is 1. The summed E-state index contributed by atoms with van der Waals surface area (Å²) in [4.78, 5) is 23.8. The van der Waals surface area contributed by atoms with Gasteiger partial charge in [0.25, 0.3) is 5.91 Å². The molecule has 2 aromatic rings. The van der Waals surface area contributed by atoms with Crippen molar-refractivity contribution in [2.75, 3.05) is 5.32 Å². The number of carbonyl (C=O) groups excluding carboxylic acids is 1. The number of fused-ring (bicyclic) bond motifs is 1. The number of nitrogens with one attached hydrogen (secondary N) is 1. The molecule has 0 aliphatic carbocycles. The van der Waals surface area contributed by atoms with E-state index in [0.29, 0.717) is 14.0 Å². The molecule has 0 saturated carbocycles. The lowest BCUT2D eigenvalue weighted by Crippen LogP contribution is -2.17. The summed E-state index contributed by atoms with van der Waals surface area (Å²) in [6.45, 7) is 0. The molecule has 0 spiro atoms. The molecule has 1 amide bonds. The Kier molecular flexibility index (Phi) is 4.26. The van der Waals surface area contributed by atoms with Crippen LogP contribution in [0.25, 0.3) is 6.08 Å². The van der Waals surface area contributed by atoms with Gasteiger partial charge in [0.05, 0.1) is 19.1 Å². The van der Waals surface area contributed by atoms with Crippen molar-refractivity contribution in [3.8, 4) is 5.75 Å². The molecule has 8 heteroatoms. The van der Waals surface area contributed by atoms with Crippen LogP contribution in [-0.2, 0) is 4.79 Å². The van der Waals surface area contributed by atoms with E-state index in [-0.39, 0.29) is 17.3 Å². The van der Waals surface area contributed by atoms with Gasteiger partial charge >= 0.3 is 5.69 Å². The van der Waals surface area contributed by atoms with Gasteiger partial charge in [-0.2, -0.15) is 0 Å². The van der Waals surface area contributed by atoms with Gasteiger partial charge in [-0.05, 0) is 52.4 Å². The second kappa shape index (κ2) is 6.20. The van der Waals surface area contributed by atoms with Crippen LogP contribution in [0.15, 0.2) is 46.2 Å². The molecule has 23 heavy (non-hydrogen) atoms. The zero-order valence-electron chi connectivity index (χ0n) is 11.4. The van der Waals surface area contributed by atoms with Gasteiger partial charge in [-0.25, -0.2) is 0 Å². The lowest BCUT2D eigenvalue weighted by Gasteiger charge is -2.18. The first-order valence-electron chi connectivity index (χ1n) is 6.42. The number of hydrogen-bond acceptors (Lipinski definition) is 5. The molecule has 0 atom stereocenters.